The number of nitrogens with one attached hydrogen (secondary N) is 3. The Hall–Kier alpha value is -5.32. The van der Waals surface area contributed by atoms with Crippen molar-refractivity contribution in [2.75, 3.05) is 6.54 Å². The van der Waals surface area contributed by atoms with Crippen LogP contribution in [0.2, 0.25) is 0 Å². The minimum absolute atomic E-state index is 0.00538. The molecular formula is C37H41FN8O7S. The molecule has 5 atom stereocenters. The van der Waals surface area contributed by atoms with E-state index in [-0.39, 0.29) is 42.9 Å². The van der Waals surface area contributed by atoms with Crippen molar-refractivity contribution in [3.8, 4) is 5.88 Å². The maximum absolute atomic E-state index is 14.7. The van der Waals surface area contributed by atoms with Gasteiger partial charge in [0.2, 0.25) is 27.7 Å². The summed E-state index contributed by atoms with van der Waals surface area (Å²) in [7, 11) is -3.97. The van der Waals surface area contributed by atoms with Crippen molar-refractivity contribution in [2.45, 2.75) is 93.7 Å². The number of para-hydroxylation sites is 1. The lowest BCUT2D eigenvalue weighted by atomic mass is 9.84. The first-order chi connectivity index (χ1) is 25.9. The van der Waals surface area contributed by atoms with Gasteiger partial charge in [-0.3, -0.25) is 23.9 Å². The number of benzene rings is 1. The van der Waals surface area contributed by atoms with Gasteiger partial charge in [0, 0.05) is 18.5 Å². The van der Waals surface area contributed by atoms with Crippen LogP contribution in [0.15, 0.2) is 61.1 Å². The van der Waals surface area contributed by atoms with E-state index in [0.717, 1.165) is 6.42 Å². The lowest BCUT2D eigenvalue weighted by molar-refractivity contribution is -0.142. The summed E-state index contributed by atoms with van der Waals surface area (Å²) in [4.78, 5) is 74.4. The van der Waals surface area contributed by atoms with Crippen LogP contribution in [-0.4, -0.2) is 92.4 Å². The maximum atomic E-state index is 14.7. The number of sulfonamides is 1. The maximum Gasteiger partial charge on any atom is 0.270 e. The van der Waals surface area contributed by atoms with Crippen LogP contribution in [-0.2, 0) is 24.4 Å². The summed E-state index contributed by atoms with van der Waals surface area (Å²) in [5.74, 6) is -3.98. The van der Waals surface area contributed by atoms with E-state index in [1.54, 1.807) is 31.2 Å². The molecule has 0 bridgehead atoms. The first-order valence-electron chi connectivity index (χ1n) is 18.1. The third kappa shape index (κ3) is 7.67. The third-order valence-corrected chi connectivity index (χ3v) is 12.1. The van der Waals surface area contributed by atoms with Crippen molar-refractivity contribution in [3.63, 3.8) is 0 Å². The molecule has 0 spiro atoms. The largest absolute Gasteiger partial charge is 0.471 e. The number of hydrogen-bond acceptors (Lipinski definition) is 11. The Morgan fingerprint density at radius 1 is 1.06 bits per heavy atom. The normalized spacial score (nSPS) is 26.9. The number of fused-ring (bicyclic) bond motifs is 3. The molecule has 17 heteroatoms. The lowest BCUT2D eigenvalue weighted by Crippen LogP contribution is -2.64. The van der Waals surface area contributed by atoms with E-state index in [1.807, 2.05) is 6.08 Å². The fourth-order valence-electron chi connectivity index (χ4n) is 7.25. The van der Waals surface area contributed by atoms with Crippen LogP contribution in [0, 0.1) is 18.7 Å². The molecule has 0 radical (unpaired) electrons. The molecule has 3 aromatic rings. The Morgan fingerprint density at radius 2 is 1.87 bits per heavy atom. The van der Waals surface area contributed by atoms with Crippen molar-refractivity contribution in [2.24, 2.45) is 5.92 Å². The van der Waals surface area contributed by atoms with E-state index >= 15 is 0 Å². The van der Waals surface area contributed by atoms with Gasteiger partial charge in [0.05, 0.1) is 17.3 Å². The summed E-state index contributed by atoms with van der Waals surface area (Å²) < 4.78 is 49.2. The monoisotopic (exact) mass is 760 g/mol. The van der Waals surface area contributed by atoms with Crippen LogP contribution in [0.4, 0.5) is 4.39 Å². The number of aryl methyl sites for hydroxylation is 1. The Labute approximate surface area is 311 Å². The van der Waals surface area contributed by atoms with Crippen LogP contribution >= 0.6 is 0 Å². The van der Waals surface area contributed by atoms with Crippen LogP contribution in [0.25, 0.3) is 11.0 Å². The molecule has 1 aromatic carbocycles. The SMILES string of the molecule is Cc1nc2cccc(F)c2nc1O[C@@H]1C[C@H]2C(=O)N[C@]3(C(=O)NS(=O)(=O)C4CC4)CC=CC3/C=C\CCCCC[C@H](NC(=O)c3ccncn3)C(=O)N2C1. The average molecular weight is 761 g/mol. The van der Waals surface area contributed by atoms with Gasteiger partial charge in [-0.2, -0.15) is 0 Å². The van der Waals surface area contributed by atoms with Crippen molar-refractivity contribution in [1.82, 2.24) is 40.2 Å². The molecule has 15 nitrogen and oxygen atoms in total. The molecule has 54 heavy (non-hydrogen) atoms. The molecule has 2 aliphatic carbocycles. The van der Waals surface area contributed by atoms with Gasteiger partial charge in [-0.1, -0.05) is 43.2 Å². The lowest BCUT2D eigenvalue weighted by Gasteiger charge is -2.36. The second kappa shape index (κ2) is 15.2. The molecular weight excluding hydrogens is 720 g/mol. The number of allylic oxidation sites excluding steroid dienone is 1. The van der Waals surface area contributed by atoms with Crippen LogP contribution in [0.5, 0.6) is 5.88 Å². The van der Waals surface area contributed by atoms with Gasteiger partial charge in [-0.25, -0.2) is 32.7 Å². The van der Waals surface area contributed by atoms with Gasteiger partial charge in [0.15, 0.2) is 5.82 Å². The number of ether oxygens (including phenoxy) is 1. The molecule has 4 heterocycles. The quantitative estimate of drug-likeness (QED) is 0.299. The highest BCUT2D eigenvalue weighted by Gasteiger charge is 2.52. The van der Waals surface area contributed by atoms with E-state index in [2.05, 4.69) is 35.3 Å². The van der Waals surface area contributed by atoms with Crippen LogP contribution in [0.1, 0.15) is 74.0 Å². The summed E-state index contributed by atoms with van der Waals surface area (Å²) in [6, 6.07) is 3.55. The van der Waals surface area contributed by atoms with E-state index in [9.17, 15) is 32.0 Å². The Morgan fingerprint density at radius 3 is 2.65 bits per heavy atom. The number of carbonyl (C=O) groups excluding carboxylic acids is 4. The number of aromatic nitrogens is 4. The van der Waals surface area contributed by atoms with Crippen LogP contribution in [0.3, 0.4) is 0 Å². The molecule has 3 N–H and O–H groups in total. The first kappa shape index (κ1) is 37.0. The summed E-state index contributed by atoms with van der Waals surface area (Å²) in [5.41, 5.74) is -0.960. The number of rotatable bonds is 7. The standard InChI is InChI=1S/C37H41FN8O7S/c1-22-34(43-31-26(38)11-7-13-27(31)41-22)53-24-19-30-33(48)44-37(36(50)45-54(51,52)25-14-15-25)17-8-10-23(37)9-5-3-2-4-6-12-29(35(49)46(30)20-24)42-32(47)28-16-18-39-21-40-28/h5,7-11,13,16,18,21,23-25,29-30H,2-4,6,12,14-15,17,19-20H2,1H3,(H,42,47)(H,44,48)(H,45,50)/b9-5-/t23?,24-,29+,30+,37-/m1/s1. The minimum Gasteiger partial charge on any atom is -0.471 e. The van der Waals surface area contributed by atoms with Gasteiger partial charge in [-0.15, -0.1) is 0 Å². The second-order valence-electron chi connectivity index (χ2n) is 14.2. The number of nitrogens with zero attached hydrogens (tertiary/aromatic N) is 5. The first-order valence-corrected chi connectivity index (χ1v) is 19.7. The molecule has 1 unspecified atom stereocenters. The second-order valence-corrected chi connectivity index (χ2v) is 16.1. The molecule has 2 fully saturated rings. The highest BCUT2D eigenvalue weighted by Crippen LogP contribution is 2.35. The van der Waals surface area contributed by atoms with Crippen LogP contribution < -0.4 is 20.1 Å². The highest BCUT2D eigenvalue weighted by molar-refractivity contribution is 7.91. The van der Waals surface area contributed by atoms with E-state index in [0.29, 0.717) is 43.3 Å². The van der Waals surface area contributed by atoms with Crippen molar-refractivity contribution < 1.29 is 36.7 Å². The van der Waals surface area contributed by atoms with Gasteiger partial charge < -0.3 is 20.3 Å². The topological polar surface area (TPSA) is 203 Å². The molecule has 7 rings (SSSR count). The summed E-state index contributed by atoms with van der Waals surface area (Å²) >= 11 is 0. The Kier molecular flexibility index (Phi) is 10.4. The average Bonchev–Trinajstić information content (AvgIpc) is 3.83. The molecule has 4 amide bonds. The summed E-state index contributed by atoms with van der Waals surface area (Å²) in [5, 5.41) is 5.01. The zero-order valence-corrected chi connectivity index (χ0v) is 30.4. The zero-order chi connectivity index (χ0) is 38.0. The summed E-state index contributed by atoms with van der Waals surface area (Å²) in [6.07, 6.45) is 12.8. The van der Waals surface area contributed by atoms with Gasteiger partial charge in [-0.05, 0) is 63.6 Å². The number of carbonyl (C=O) groups is 4. The Bertz CT molecular complexity index is 2130. The molecule has 4 aliphatic rings. The smallest absolute Gasteiger partial charge is 0.270 e. The highest BCUT2D eigenvalue weighted by atomic mass is 32.2. The van der Waals surface area contributed by atoms with E-state index < -0.39 is 74.4 Å². The molecule has 284 valence electrons. The predicted octanol–water partition coefficient (Wildman–Crippen LogP) is 2.57. The van der Waals surface area contributed by atoms with Gasteiger partial charge in [0.1, 0.15) is 47.0 Å². The minimum atomic E-state index is -3.97. The fraction of sp³-hybridized carbons (Fsp3) is 0.459. The Balaban J connectivity index is 1.23. The number of halogens is 1. The van der Waals surface area contributed by atoms with Gasteiger partial charge in [0.25, 0.3) is 11.8 Å². The summed E-state index contributed by atoms with van der Waals surface area (Å²) in [6.45, 7) is 1.53. The fourth-order valence-corrected chi connectivity index (χ4v) is 8.62. The third-order valence-electron chi connectivity index (χ3n) is 10.3. The van der Waals surface area contributed by atoms with Gasteiger partial charge >= 0.3 is 0 Å². The molecule has 2 aromatic heterocycles. The molecule has 2 aliphatic heterocycles. The van der Waals surface area contributed by atoms with Crippen molar-refractivity contribution in [3.05, 3.63) is 78.3 Å². The van der Waals surface area contributed by atoms with E-state index in [1.165, 1.54) is 35.6 Å². The van der Waals surface area contributed by atoms with E-state index in [4.69, 9.17) is 4.74 Å². The number of amides is 4. The predicted molar refractivity (Wildman–Crippen MR) is 192 cm³/mol. The molecule has 1 saturated heterocycles. The van der Waals surface area contributed by atoms with Crippen molar-refractivity contribution in [1.29, 1.82) is 0 Å². The number of hydrogen-bond donors (Lipinski definition) is 3. The molecule has 1 saturated carbocycles. The zero-order valence-electron chi connectivity index (χ0n) is 29.6. The van der Waals surface area contributed by atoms with Crippen molar-refractivity contribution >= 4 is 44.7 Å².